The first-order valence-corrected chi connectivity index (χ1v) is 11.9. The van der Waals surface area contributed by atoms with E-state index in [4.69, 9.17) is 18.6 Å². The molecule has 2 N–H and O–H groups in total. The number of nitrogens with one attached hydrogen (secondary N) is 2. The highest BCUT2D eigenvalue weighted by molar-refractivity contribution is 7.92. The Bertz CT molecular complexity index is 1470. The Hall–Kier alpha value is -4.58. The van der Waals surface area contributed by atoms with E-state index in [0.717, 1.165) is 5.56 Å². The Morgan fingerprint density at radius 1 is 0.889 bits per heavy atom. The number of anilines is 2. The van der Waals surface area contributed by atoms with Gasteiger partial charge < -0.3 is 23.9 Å². The third kappa shape index (κ3) is 5.08. The summed E-state index contributed by atoms with van der Waals surface area (Å²) in [6.07, 6.45) is 2.68. The summed E-state index contributed by atoms with van der Waals surface area (Å²) in [6.45, 7) is 0. The van der Waals surface area contributed by atoms with Crippen molar-refractivity contribution in [3.8, 4) is 28.7 Å². The SMILES string of the molecule is COc1cccc(OC)c1NS(=O)(=O)c1cc(NC(=O)c2ncc(-c3ccccc3)o2)cnc1OC. The first kappa shape index (κ1) is 24.5. The molecule has 0 aliphatic rings. The van der Waals surface area contributed by atoms with Crippen molar-refractivity contribution in [2.24, 2.45) is 0 Å². The molecule has 0 saturated carbocycles. The summed E-state index contributed by atoms with van der Waals surface area (Å²) in [5.74, 6) is -0.179. The van der Waals surface area contributed by atoms with Crippen LogP contribution in [-0.4, -0.2) is 45.6 Å². The van der Waals surface area contributed by atoms with Crippen LogP contribution in [0.2, 0.25) is 0 Å². The van der Waals surface area contributed by atoms with E-state index >= 15 is 0 Å². The number of carbonyl (C=O) groups is 1. The van der Waals surface area contributed by atoms with E-state index < -0.39 is 15.9 Å². The van der Waals surface area contributed by atoms with E-state index in [0.29, 0.717) is 5.76 Å². The number of oxazole rings is 1. The fraction of sp³-hybridized carbons (Fsp3) is 0.125. The zero-order valence-electron chi connectivity index (χ0n) is 19.5. The van der Waals surface area contributed by atoms with Gasteiger partial charge in [-0.15, -0.1) is 0 Å². The van der Waals surface area contributed by atoms with Crippen LogP contribution in [0, 0.1) is 0 Å². The monoisotopic (exact) mass is 510 g/mol. The summed E-state index contributed by atoms with van der Waals surface area (Å²) in [4.78, 5) is 20.4. The van der Waals surface area contributed by atoms with Crippen LogP contribution in [0.1, 0.15) is 10.7 Å². The lowest BCUT2D eigenvalue weighted by Crippen LogP contribution is -2.17. The molecule has 1 amide bonds. The molecule has 0 aliphatic heterocycles. The average Bonchev–Trinajstić information content (AvgIpc) is 3.40. The van der Waals surface area contributed by atoms with Crippen LogP contribution in [0.5, 0.6) is 17.4 Å². The van der Waals surface area contributed by atoms with E-state index in [9.17, 15) is 13.2 Å². The molecule has 0 bridgehead atoms. The van der Waals surface area contributed by atoms with Crippen LogP contribution < -0.4 is 24.2 Å². The number of methoxy groups -OCH3 is 3. The first-order valence-electron chi connectivity index (χ1n) is 10.5. The number of hydrogen-bond donors (Lipinski definition) is 2. The van der Waals surface area contributed by atoms with E-state index in [2.05, 4.69) is 20.0 Å². The standard InChI is InChI=1S/C24H22N4O7S/c1-32-17-10-7-11-18(33-2)21(17)28-36(30,31)20-12-16(13-25-23(20)34-3)27-22(29)24-26-14-19(35-24)15-8-5-4-6-9-15/h4-14,28H,1-3H3,(H,27,29). The van der Waals surface area contributed by atoms with E-state index in [-0.39, 0.29) is 39.5 Å². The molecule has 4 aromatic rings. The van der Waals surface area contributed by atoms with Crippen molar-refractivity contribution >= 4 is 27.3 Å². The van der Waals surface area contributed by atoms with Gasteiger partial charge in [0.2, 0.25) is 5.88 Å². The maximum atomic E-state index is 13.3. The second-order valence-corrected chi connectivity index (χ2v) is 8.88. The van der Waals surface area contributed by atoms with Gasteiger partial charge in [0.05, 0.1) is 39.4 Å². The van der Waals surface area contributed by atoms with Crippen molar-refractivity contribution in [2.75, 3.05) is 31.4 Å². The van der Waals surface area contributed by atoms with E-state index in [1.165, 1.54) is 39.8 Å². The number of pyridine rings is 1. The molecule has 0 atom stereocenters. The summed E-state index contributed by atoms with van der Waals surface area (Å²) >= 11 is 0. The van der Waals surface area contributed by atoms with Gasteiger partial charge in [0, 0.05) is 5.56 Å². The molecule has 2 aromatic carbocycles. The molecule has 0 saturated heterocycles. The van der Waals surface area contributed by atoms with Gasteiger partial charge in [0.1, 0.15) is 17.2 Å². The third-order valence-corrected chi connectivity index (χ3v) is 6.33. The predicted octanol–water partition coefficient (Wildman–Crippen LogP) is 3.82. The maximum Gasteiger partial charge on any atom is 0.311 e. The number of benzene rings is 2. The smallest absolute Gasteiger partial charge is 0.311 e. The lowest BCUT2D eigenvalue weighted by atomic mass is 10.2. The minimum absolute atomic E-state index is 0.0765. The zero-order valence-corrected chi connectivity index (χ0v) is 20.3. The molecule has 2 aromatic heterocycles. The predicted molar refractivity (Wildman–Crippen MR) is 131 cm³/mol. The van der Waals surface area contributed by atoms with Crippen molar-refractivity contribution in [2.45, 2.75) is 4.90 Å². The van der Waals surface area contributed by atoms with Gasteiger partial charge in [0.15, 0.2) is 10.7 Å². The Morgan fingerprint density at radius 3 is 2.22 bits per heavy atom. The molecule has 11 nitrogen and oxygen atoms in total. The number of sulfonamides is 1. The number of amides is 1. The van der Waals surface area contributed by atoms with Crippen LogP contribution in [0.15, 0.2) is 76.3 Å². The fourth-order valence-electron chi connectivity index (χ4n) is 3.29. The number of nitrogens with zero attached hydrogens (tertiary/aromatic N) is 2. The molecule has 0 aliphatic carbocycles. The Labute approximate surface area is 207 Å². The average molecular weight is 511 g/mol. The molecule has 0 fully saturated rings. The minimum atomic E-state index is -4.26. The number of aromatic nitrogens is 2. The molecular weight excluding hydrogens is 488 g/mol. The van der Waals surface area contributed by atoms with Gasteiger partial charge in [0.25, 0.3) is 15.9 Å². The number of para-hydroxylation sites is 1. The summed E-state index contributed by atoms with van der Waals surface area (Å²) in [7, 11) is -0.186. The number of hydrogen-bond acceptors (Lipinski definition) is 9. The summed E-state index contributed by atoms with van der Waals surface area (Å²) in [5.41, 5.74) is 0.918. The summed E-state index contributed by atoms with van der Waals surface area (Å²) in [6, 6.07) is 15.2. The highest BCUT2D eigenvalue weighted by Crippen LogP contribution is 2.37. The highest BCUT2D eigenvalue weighted by atomic mass is 32.2. The topological polar surface area (TPSA) is 142 Å². The zero-order chi connectivity index (χ0) is 25.7. The summed E-state index contributed by atoms with van der Waals surface area (Å²) < 4.78 is 50.2. The first-order chi connectivity index (χ1) is 17.4. The minimum Gasteiger partial charge on any atom is -0.494 e. The molecule has 0 radical (unpaired) electrons. The molecule has 0 spiro atoms. The number of rotatable bonds is 9. The van der Waals surface area contributed by atoms with Crippen LogP contribution >= 0.6 is 0 Å². The van der Waals surface area contributed by atoms with E-state index in [1.807, 2.05) is 30.3 Å². The molecule has 12 heteroatoms. The molecule has 0 unspecified atom stereocenters. The van der Waals surface area contributed by atoms with Gasteiger partial charge >= 0.3 is 5.91 Å². The molecule has 4 rings (SSSR count). The van der Waals surface area contributed by atoms with Gasteiger partial charge in [-0.3, -0.25) is 9.52 Å². The Morgan fingerprint density at radius 2 is 1.58 bits per heavy atom. The second kappa shape index (κ2) is 10.4. The fourth-order valence-corrected chi connectivity index (χ4v) is 4.51. The largest absolute Gasteiger partial charge is 0.494 e. The number of carbonyl (C=O) groups excluding carboxylic acids is 1. The van der Waals surface area contributed by atoms with Crippen LogP contribution in [-0.2, 0) is 10.0 Å². The maximum absolute atomic E-state index is 13.3. The van der Waals surface area contributed by atoms with Crippen LogP contribution in [0.25, 0.3) is 11.3 Å². The Balaban J connectivity index is 1.62. The molecular formula is C24H22N4O7S. The normalized spacial score (nSPS) is 11.0. The van der Waals surface area contributed by atoms with Crippen molar-refractivity contribution < 1.29 is 31.8 Å². The van der Waals surface area contributed by atoms with Gasteiger partial charge in [-0.25, -0.2) is 18.4 Å². The number of ether oxygens (including phenoxy) is 3. The van der Waals surface area contributed by atoms with Crippen LogP contribution in [0.4, 0.5) is 11.4 Å². The quantitative estimate of drug-likeness (QED) is 0.344. The third-order valence-electron chi connectivity index (χ3n) is 4.98. The Kier molecular flexibility index (Phi) is 7.06. The second-order valence-electron chi connectivity index (χ2n) is 7.22. The highest BCUT2D eigenvalue weighted by Gasteiger charge is 2.26. The molecule has 186 valence electrons. The van der Waals surface area contributed by atoms with E-state index in [1.54, 1.807) is 18.2 Å². The lowest BCUT2D eigenvalue weighted by Gasteiger charge is -2.16. The molecule has 2 heterocycles. The van der Waals surface area contributed by atoms with Crippen molar-refractivity contribution in [1.82, 2.24) is 9.97 Å². The lowest BCUT2D eigenvalue weighted by molar-refractivity contribution is 0.0991. The molecule has 36 heavy (non-hydrogen) atoms. The van der Waals surface area contributed by atoms with Gasteiger partial charge in [-0.2, -0.15) is 0 Å². The van der Waals surface area contributed by atoms with Gasteiger partial charge in [-0.05, 0) is 18.2 Å². The van der Waals surface area contributed by atoms with Crippen LogP contribution in [0.3, 0.4) is 0 Å². The van der Waals surface area contributed by atoms with Crippen molar-refractivity contribution in [3.05, 3.63) is 72.9 Å². The van der Waals surface area contributed by atoms with Crippen molar-refractivity contribution in [3.63, 3.8) is 0 Å². The summed E-state index contributed by atoms with van der Waals surface area (Å²) in [5, 5.41) is 2.54. The van der Waals surface area contributed by atoms with Crippen molar-refractivity contribution in [1.29, 1.82) is 0 Å². The van der Waals surface area contributed by atoms with Gasteiger partial charge in [-0.1, -0.05) is 36.4 Å².